The number of hydrogen-bond donors (Lipinski definition) is 3. The molecule has 4 rings (SSSR count). The van der Waals surface area contributed by atoms with Gasteiger partial charge in [0.1, 0.15) is 6.04 Å². The lowest BCUT2D eigenvalue weighted by Gasteiger charge is -2.21. The van der Waals surface area contributed by atoms with Gasteiger partial charge in [-0.3, -0.25) is 15.1 Å². The van der Waals surface area contributed by atoms with Crippen LogP contribution in [0.1, 0.15) is 31.4 Å². The van der Waals surface area contributed by atoms with Gasteiger partial charge in [-0.2, -0.15) is 10.4 Å². The van der Waals surface area contributed by atoms with Crippen LogP contribution < -0.4 is 10.8 Å². The van der Waals surface area contributed by atoms with Gasteiger partial charge < -0.3 is 14.6 Å². The lowest BCUT2D eigenvalue weighted by atomic mass is 9.80. The number of imidazole rings is 1. The van der Waals surface area contributed by atoms with Crippen molar-refractivity contribution in [3.05, 3.63) is 53.6 Å². The van der Waals surface area contributed by atoms with E-state index in [1.165, 1.54) is 0 Å². The van der Waals surface area contributed by atoms with E-state index in [1.807, 2.05) is 24.5 Å². The van der Waals surface area contributed by atoms with Crippen molar-refractivity contribution >= 4 is 41.2 Å². The first-order chi connectivity index (χ1) is 15.4. The van der Waals surface area contributed by atoms with Gasteiger partial charge in [0.05, 0.1) is 29.2 Å². The molecule has 162 valence electrons. The number of anilines is 1. The van der Waals surface area contributed by atoms with Crippen LogP contribution in [0.4, 0.5) is 5.95 Å². The number of carbonyl (C=O) groups excluding carboxylic acids is 1. The van der Waals surface area contributed by atoms with E-state index in [9.17, 15) is 20.1 Å². The molecule has 1 aliphatic heterocycles. The van der Waals surface area contributed by atoms with E-state index in [0.29, 0.717) is 42.0 Å². The molecule has 3 N–H and O–H groups in total. The van der Waals surface area contributed by atoms with Crippen molar-refractivity contribution < 1.29 is 14.8 Å². The third kappa shape index (κ3) is 4.21. The lowest BCUT2D eigenvalue weighted by Crippen LogP contribution is -2.38. The van der Waals surface area contributed by atoms with Crippen LogP contribution in [0, 0.1) is 11.3 Å². The number of hydrogen-bond acceptors (Lipinski definition) is 7. The highest BCUT2D eigenvalue weighted by molar-refractivity contribution is 6.58. The maximum Gasteiger partial charge on any atom is 0.488 e. The molecule has 1 unspecified atom stereocenters. The van der Waals surface area contributed by atoms with Gasteiger partial charge in [-0.25, -0.2) is 4.98 Å². The summed E-state index contributed by atoms with van der Waals surface area (Å²) in [4.78, 5) is 17.7. The minimum absolute atomic E-state index is 0.191. The summed E-state index contributed by atoms with van der Waals surface area (Å²) < 4.78 is 1.87. The average Bonchev–Trinajstić information content (AvgIpc) is 3.33. The second-order valence-corrected chi connectivity index (χ2v) is 7.75. The van der Waals surface area contributed by atoms with Crippen LogP contribution >= 0.6 is 0 Å². The SMILES string of the molecule is CCN1N=C(C)CC1C(=O)Nc1nc2cc(C#N)ccc2n1Cc1ccc(B(O)O)cc1. The first-order valence-corrected chi connectivity index (χ1v) is 10.4. The monoisotopic (exact) mass is 430 g/mol. The third-order valence-corrected chi connectivity index (χ3v) is 5.51. The predicted octanol–water partition coefficient (Wildman–Crippen LogP) is 1.04. The van der Waals surface area contributed by atoms with Crippen molar-refractivity contribution in [2.24, 2.45) is 5.10 Å². The summed E-state index contributed by atoms with van der Waals surface area (Å²) in [7, 11) is -1.53. The molecule has 3 aromatic rings. The van der Waals surface area contributed by atoms with Gasteiger partial charge in [-0.1, -0.05) is 24.3 Å². The minimum Gasteiger partial charge on any atom is -0.423 e. The van der Waals surface area contributed by atoms with Gasteiger partial charge in [0, 0.05) is 18.7 Å². The molecule has 1 amide bonds. The molecule has 0 saturated heterocycles. The second-order valence-electron chi connectivity index (χ2n) is 7.75. The molecule has 0 bridgehead atoms. The number of likely N-dealkylation sites (N-methyl/N-ethyl adjacent to an activating group) is 1. The van der Waals surface area contributed by atoms with Crippen molar-refractivity contribution in [1.29, 1.82) is 5.26 Å². The molecule has 10 heteroatoms. The van der Waals surface area contributed by atoms with E-state index >= 15 is 0 Å². The van der Waals surface area contributed by atoms with Crippen molar-refractivity contribution in [1.82, 2.24) is 14.6 Å². The maximum atomic E-state index is 13.1. The molecule has 1 atom stereocenters. The fourth-order valence-corrected chi connectivity index (χ4v) is 3.86. The standard InChI is InChI=1S/C22H23BN6O3/c1-3-29-20(10-14(2)27-29)21(30)26-22-25-18-11-16(12-24)6-9-19(18)28(22)13-15-4-7-17(8-5-15)23(31)32/h4-9,11,20,31-32H,3,10,13H2,1-2H3,(H,25,26,30). The number of rotatable bonds is 6. The molecular formula is C22H23BN6O3. The zero-order valence-corrected chi connectivity index (χ0v) is 17.9. The zero-order chi connectivity index (χ0) is 22.8. The Morgan fingerprint density at radius 3 is 2.69 bits per heavy atom. The predicted molar refractivity (Wildman–Crippen MR) is 122 cm³/mol. The third-order valence-electron chi connectivity index (χ3n) is 5.51. The summed E-state index contributed by atoms with van der Waals surface area (Å²) in [6, 6.07) is 13.8. The molecule has 9 nitrogen and oxygen atoms in total. The van der Waals surface area contributed by atoms with E-state index in [4.69, 9.17) is 0 Å². The lowest BCUT2D eigenvalue weighted by molar-refractivity contribution is -0.120. The van der Waals surface area contributed by atoms with Crippen molar-refractivity contribution in [2.75, 3.05) is 11.9 Å². The molecule has 0 radical (unpaired) electrons. The fourth-order valence-electron chi connectivity index (χ4n) is 3.86. The Morgan fingerprint density at radius 2 is 2.03 bits per heavy atom. The molecule has 0 fully saturated rings. The Bertz CT molecular complexity index is 1230. The molecule has 32 heavy (non-hydrogen) atoms. The number of nitrogens with one attached hydrogen (secondary N) is 1. The Balaban J connectivity index is 1.68. The minimum atomic E-state index is -1.53. The Labute approximate surface area is 185 Å². The summed E-state index contributed by atoms with van der Waals surface area (Å²) in [5.41, 5.74) is 4.06. The van der Waals surface area contributed by atoms with Crippen LogP contribution in [0.25, 0.3) is 11.0 Å². The van der Waals surface area contributed by atoms with Gasteiger partial charge >= 0.3 is 7.12 Å². The fraction of sp³-hybridized carbons (Fsp3) is 0.273. The van der Waals surface area contributed by atoms with Crippen molar-refractivity contribution in [3.8, 4) is 6.07 Å². The molecule has 1 aromatic heterocycles. The van der Waals surface area contributed by atoms with Crippen LogP contribution in [-0.4, -0.2) is 55.9 Å². The topological polar surface area (TPSA) is 127 Å². The number of nitriles is 1. The Hall–Kier alpha value is -3.68. The van der Waals surface area contributed by atoms with Crippen LogP contribution in [0.3, 0.4) is 0 Å². The number of nitrogens with zero attached hydrogens (tertiary/aromatic N) is 5. The number of amides is 1. The number of benzene rings is 2. The highest BCUT2D eigenvalue weighted by Gasteiger charge is 2.31. The highest BCUT2D eigenvalue weighted by atomic mass is 16.4. The van der Waals surface area contributed by atoms with Crippen LogP contribution in [0.5, 0.6) is 0 Å². The van der Waals surface area contributed by atoms with Gasteiger partial charge in [0.25, 0.3) is 5.91 Å². The van der Waals surface area contributed by atoms with Crippen molar-refractivity contribution in [2.45, 2.75) is 32.9 Å². The van der Waals surface area contributed by atoms with E-state index < -0.39 is 13.2 Å². The largest absolute Gasteiger partial charge is 0.488 e. The maximum absolute atomic E-state index is 13.1. The van der Waals surface area contributed by atoms with Crippen molar-refractivity contribution in [3.63, 3.8) is 0 Å². The van der Waals surface area contributed by atoms with E-state index in [2.05, 4.69) is 21.5 Å². The number of hydrazone groups is 1. The summed E-state index contributed by atoms with van der Waals surface area (Å²) in [6.45, 7) is 4.88. The average molecular weight is 430 g/mol. The van der Waals surface area contributed by atoms with E-state index in [0.717, 1.165) is 16.8 Å². The normalized spacial score (nSPS) is 15.5. The molecule has 0 aliphatic carbocycles. The Morgan fingerprint density at radius 1 is 1.28 bits per heavy atom. The van der Waals surface area contributed by atoms with E-state index in [1.54, 1.807) is 41.4 Å². The molecule has 2 aromatic carbocycles. The Kier molecular flexibility index (Phi) is 5.94. The molecule has 2 heterocycles. The van der Waals surface area contributed by atoms with E-state index in [-0.39, 0.29) is 5.91 Å². The first kappa shape index (κ1) is 21.6. The van der Waals surface area contributed by atoms with Gasteiger partial charge in [0.2, 0.25) is 5.95 Å². The number of fused-ring (bicyclic) bond motifs is 1. The quantitative estimate of drug-likeness (QED) is 0.502. The second kappa shape index (κ2) is 8.82. The smallest absolute Gasteiger partial charge is 0.423 e. The van der Waals surface area contributed by atoms with Gasteiger partial charge in [-0.15, -0.1) is 0 Å². The van der Waals surface area contributed by atoms with Crippen LogP contribution in [-0.2, 0) is 11.3 Å². The summed E-state index contributed by atoms with van der Waals surface area (Å²) in [5.74, 6) is 0.190. The number of aromatic nitrogens is 2. The zero-order valence-electron chi connectivity index (χ0n) is 17.9. The summed E-state index contributed by atoms with van der Waals surface area (Å²) in [6.07, 6.45) is 0.559. The summed E-state index contributed by atoms with van der Waals surface area (Å²) in [5, 5.41) is 37.0. The van der Waals surface area contributed by atoms with Crippen LogP contribution in [0.15, 0.2) is 47.6 Å². The highest BCUT2D eigenvalue weighted by Crippen LogP contribution is 2.24. The number of carbonyl (C=O) groups is 1. The van der Waals surface area contributed by atoms with Gasteiger partial charge in [0.15, 0.2) is 0 Å². The summed E-state index contributed by atoms with van der Waals surface area (Å²) >= 11 is 0. The molecule has 1 aliphatic rings. The molecule has 0 saturated carbocycles. The van der Waals surface area contributed by atoms with Crippen LogP contribution in [0.2, 0.25) is 0 Å². The molecular weight excluding hydrogens is 407 g/mol. The van der Waals surface area contributed by atoms with Gasteiger partial charge in [-0.05, 0) is 43.1 Å². The molecule has 0 spiro atoms. The first-order valence-electron chi connectivity index (χ1n) is 10.4.